The van der Waals surface area contributed by atoms with E-state index in [0.29, 0.717) is 0 Å². The highest BCUT2D eigenvalue weighted by Gasteiger charge is 2.03. The SMILES string of the molecule is Sc1cccc2c(NCCCc3ccccc3)ccnc12. The summed E-state index contributed by atoms with van der Waals surface area (Å²) in [5.41, 5.74) is 3.47. The highest BCUT2D eigenvalue weighted by atomic mass is 32.1. The molecule has 0 aliphatic heterocycles. The number of para-hydroxylation sites is 1. The van der Waals surface area contributed by atoms with Crippen LogP contribution in [0.5, 0.6) is 0 Å². The third kappa shape index (κ3) is 3.37. The van der Waals surface area contributed by atoms with Gasteiger partial charge in [-0.2, -0.15) is 0 Å². The molecule has 0 aliphatic carbocycles. The molecule has 3 aromatic rings. The van der Waals surface area contributed by atoms with Gasteiger partial charge < -0.3 is 5.32 Å². The average molecular weight is 294 g/mol. The molecule has 3 rings (SSSR count). The van der Waals surface area contributed by atoms with Gasteiger partial charge >= 0.3 is 0 Å². The zero-order valence-electron chi connectivity index (χ0n) is 11.8. The van der Waals surface area contributed by atoms with Gasteiger partial charge in [0.25, 0.3) is 0 Å². The van der Waals surface area contributed by atoms with Crippen LogP contribution in [0.2, 0.25) is 0 Å². The lowest BCUT2D eigenvalue weighted by Gasteiger charge is -2.10. The molecule has 0 spiro atoms. The highest BCUT2D eigenvalue weighted by Crippen LogP contribution is 2.25. The number of fused-ring (bicyclic) bond motifs is 1. The smallest absolute Gasteiger partial charge is 0.0855 e. The van der Waals surface area contributed by atoms with Crippen LogP contribution < -0.4 is 5.32 Å². The Morgan fingerprint density at radius 1 is 0.952 bits per heavy atom. The summed E-state index contributed by atoms with van der Waals surface area (Å²) in [5.74, 6) is 0. The second-order valence-corrected chi connectivity index (χ2v) is 5.53. The van der Waals surface area contributed by atoms with Crippen LogP contribution in [-0.4, -0.2) is 11.5 Å². The second kappa shape index (κ2) is 6.64. The minimum atomic E-state index is 0.917. The highest BCUT2D eigenvalue weighted by molar-refractivity contribution is 7.80. The number of thiol groups is 1. The molecule has 2 aromatic carbocycles. The van der Waals surface area contributed by atoms with Crippen LogP contribution in [-0.2, 0) is 6.42 Å². The van der Waals surface area contributed by atoms with Crippen LogP contribution in [0, 0.1) is 0 Å². The molecule has 0 amide bonds. The Hall–Kier alpha value is -2.00. The summed E-state index contributed by atoms with van der Waals surface area (Å²) in [7, 11) is 0. The van der Waals surface area contributed by atoms with Crippen molar-refractivity contribution in [2.24, 2.45) is 0 Å². The number of anilines is 1. The molecule has 0 bridgehead atoms. The van der Waals surface area contributed by atoms with Gasteiger partial charge in [0.2, 0.25) is 0 Å². The molecule has 0 unspecified atom stereocenters. The fourth-order valence-electron chi connectivity index (χ4n) is 2.47. The lowest BCUT2D eigenvalue weighted by Crippen LogP contribution is -2.03. The van der Waals surface area contributed by atoms with Crippen LogP contribution in [0.1, 0.15) is 12.0 Å². The van der Waals surface area contributed by atoms with Crippen molar-refractivity contribution in [3.63, 3.8) is 0 Å². The van der Waals surface area contributed by atoms with E-state index in [2.05, 4.69) is 59.3 Å². The number of aryl methyl sites for hydroxylation is 1. The van der Waals surface area contributed by atoms with E-state index in [-0.39, 0.29) is 0 Å². The molecule has 3 heteroatoms. The Morgan fingerprint density at radius 3 is 2.67 bits per heavy atom. The number of benzene rings is 2. The van der Waals surface area contributed by atoms with Crippen LogP contribution >= 0.6 is 12.6 Å². The molecule has 0 atom stereocenters. The summed E-state index contributed by atoms with van der Waals surface area (Å²) >= 11 is 4.46. The predicted molar refractivity (Wildman–Crippen MR) is 92.2 cm³/mol. The Kier molecular flexibility index (Phi) is 4.41. The van der Waals surface area contributed by atoms with Crippen molar-refractivity contribution < 1.29 is 0 Å². The standard InChI is InChI=1S/C18H18N2S/c21-17-10-4-9-15-16(11-13-20-18(15)17)19-12-5-8-14-6-2-1-3-7-14/h1-4,6-7,9-11,13,21H,5,8,12H2,(H,19,20). The Labute approximate surface area is 130 Å². The molecule has 0 saturated heterocycles. The maximum atomic E-state index is 4.46. The first-order valence-corrected chi connectivity index (χ1v) is 7.64. The Bertz CT molecular complexity index is 726. The molecule has 1 aromatic heterocycles. The van der Waals surface area contributed by atoms with E-state index in [9.17, 15) is 0 Å². The summed E-state index contributed by atoms with van der Waals surface area (Å²) in [6.07, 6.45) is 4.03. The van der Waals surface area contributed by atoms with Gasteiger partial charge in [-0.05, 0) is 30.5 Å². The van der Waals surface area contributed by atoms with Gasteiger partial charge in [0.15, 0.2) is 0 Å². The molecule has 106 valence electrons. The maximum Gasteiger partial charge on any atom is 0.0855 e. The number of pyridine rings is 1. The van der Waals surface area contributed by atoms with Crippen molar-refractivity contribution in [2.45, 2.75) is 17.7 Å². The largest absolute Gasteiger partial charge is 0.384 e. The molecule has 2 nitrogen and oxygen atoms in total. The van der Waals surface area contributed by atoms with Gasteiger partial charge in [-0.3, -0.25) is 4.98 Å². The van der Waals surface area contributed by atoms with Gasteiger partial charge in [-0.25, -0.2) is 0 Å². The normalized spacial score (nSPS) is 10.7. The zero-order chi connectivity index (χ0) is 14.5. The van der Waals surface area contributed by atoms with Gasteiger partial charge in [0.1, 0.15) is 0 Å². The molecular formula is C18H18N2S. The van der Waals surface area contributed by atoms with Gasteiger partial charge in [-0.1, -0.05) is 42.5 Å². The molecule has 21 heavy (non-hydrogen) atoms. The summed E-state index contributed by atoms with van der Waals surface area (Å²) < 4.78 is 0. The van der Waals surface area contributed by atoms with E-state index in [1.54, 1.807) is 0 Å². The fourth-order valence-corrected chi connectivity index (χ4v) is 2.74. The lowest BCUT2D eigenvalue weighted by molar-refractivity contribution is 0.864. The molecule has 0 saturated carbocycles. The molecule has 0 radical (unpaired) electrons. The van der Waals surface area contributed by atoms with Crippen molar-refractivity contribution in [3.8, 4) is 0 Å². The third-order valence-electron chi connectivity index (χ3n) is 3.55. The summed E-state index contributed by atoms with van der Waals surface area (Å²) in [5, 5.41) is 4.64. The Balaban J connectivity index is 1.65. The van der Waals surface area contributed by atoms with Crippen LogP contribution in [0.25, 0.3) is 10.9 Å². The van der Waals surface area contributed by atoms with E-state index in [4.69, 9.17) is 0 Å². The van der Waals surface area contributed by atoms with Crippen molar-refractivity contribution in [2.75, 3.05) is 11.9 Å². The number of hydrogen-bond donors (Lipinski definition) is 2. The molecule has 1 N–H and O–H groups in total. The van der Waals surface area contributed by atoms with Crippen molar-refractivity contribution in [3.05, 3.63) is 66.4 Å². The molecular weight excluding hydrogens is 276 g/mol. The van der Waals surface area contributed by atoms with Gasteiger partial charge in [0.05, 0.1) is 5.52 Å². The van der Waals surface area contributed by atoms with E-state index in [1.807, 2.05) is 24.4 Å². The zero-order valence-corrected chi connectivity index (χ0v) is 12.7. The summed E-state index contributed by atoms with van der Waals surface area (Å²) in [6, 6.07) is 18.7. The third-order valence-corrected chi connectivity index (χ3v) is 3.91. The lowest BCUT2D eigenvalue weighted by atomic mass is 10.1. The number of aromatic nitrogens is 1. The quantitative estimate of drug-likeness (QED) is 0.532. The first-order chi connectivity index (χ1) is 10.3. The summed E-state index contributed by atoms with van der Waals surface area (Å²) in [6.45, 7) is 0.949. The minimum Gasteiger partial charge on any atom is -0.384 e. The molecule has 0 aliphatic rings. The number of nitrogens with zero attached hydrogens (tertiary/aromatic N) is 1. The van der Waals surface area contributed by atoms with E-state index >= 15 is 0 Å². The maximum absolute atomic E-state index is 4.46. The van der Waals surface area contributed by atoms with Crippen LogP contribution in [0.3, 0.4) is 0 Å². The first kappa shape index (κ1) is 14.0. The van der Waals surface area contributed by atoms with Crippen molar-refractivity contribution in [1.29, 1.82) is 0 Å². The van der Waals surface area contributed by atoms with Gasteiger partial charge in [-0.15, -0.1) is 12.6 Å². The van der Waals surface area contributed by atoms with E-state index in [1.165, 1.54) is 5.56 Å². The van der Waals surface area contributed by atoms with Crippen molar-refractivity contribution in [1.82, 2.24) is 4.98 Å². The topological polar surface area (TPSA) is 24.9 Å². The second-order valence-electron chi connectivity index (χ2n) is 5.05. The minimum absolute atomic E-state index is 0.917. The molecule has 0 fully saturated rings. The average Bonchev–Trinajstić information content (AvgIpc) is 2.53. The van der Waals surface area contributed by atoms with Crippen molar-refractivity contribution >= 4 is 29.2 Å². The Morgan fingerprint density at radius 2 is 1.81 bits per heavy atom. The van der Waals surface area contributed by atoms with Crippen LogP contribution in [0.4, 0.5) is 5.69 Å². The number of hydrogen-bond acceptors (Lipinski definition) is 3. The van der Waals surface area contributed by atoms with E-state index in [0.717, 1.165) is 40.9 Å². The predicted octanol–water partition coefficient (Wildman–Crippen LogP) is 4.57. The van der Waals surface area contributed by atoms with E-state index < -0.39 is 0 Å². The first-order valence-electron chi connectivity index (χ1n) is 7.19. The molecule has 1 heterocycles. The van der Waals surface area contributed by atoms with Gasteiger partial charge in [0, 0.05) is 28.7 Å². The number of nitrogens with one attached hydrogen (secondary N) is 1. The monoisotopic (exact) mass is 294 g/mol. The fraction of sp³-hybridized carbons (Fsp3) is 0.167. The summed E-state index contributed by atoms with van der Waals surface area (Å²) in [4.78, 5) is 5.32. The number of rotatable bonds is 5. The van der Waals surface area contributed by atoms with Crippen LogP contribution in [0.15, 0.2) is 65.7 Å².